The standard InChI is InChI=1S/C11H12N4OS2/c16-9(12-7-3-4-7)6-18-11-13-10(14-15-11)8-2-1-5-17-8/h1-2,5,7H,3-4,6H2,(H,12,16)(H,13,14,15). The lowest BCUT2D eigenvalue weighted by Crippen LogP contribution is -2.27. The van der Waals surface area contributed by atoms with Crippen LogP contribution in [0.4, 0.5) is 0 Å². The molecule has 0 spiro atoms. The van der Waals surface area contributed by atoms with E-state index in [0.29, 0.717) is 17.0 Å². The van der Waals surface area contributed by atoms with Gasteiger partial charge in [-0.25, -0.2) is 4.98 Å². The molecule has 0 saturated heterocycles. The smallest absolute Gasteiger partial charge is 0.230 e. The largest absolute Gasteiger partial charge is 0.353 e. The first-order valence-electron chi connectivity index (χ1n) is 5.70. The van der Waals surface area contributed by atoms with Crippen LogP contribution >= 0.6 is 23.1 Å². The highest BCUT2D eigenvalue weighted by molar-refractivity contribution is 7.99. The number of H-pyrrole nitrogens is 1. The van der Waals surface area contributed by atoms with Crippen molar-refractivity contribution in [3.63, 3.8) is 0 Å². The maximum absolute atomic E-state index is 11.5. The molecule has 0 bridgehead atoms. The molecule has 7 heteroatoms. The Morgan fingerprint density at radius 2 is 2.50 bits per heavy atom. The molecule has 2 aromatic heterocycles. The minimum Gasteiger partial charge on any atom is -0.353 e. The Bertz CT molecular complexity index is 533. The minimum atomic E-state index is 0.0602. The molecule has 0 atom stereocenters. The number of thiophene rings is 1. The number of carbonyl (C=O) groups is 1. The molecule has 3 rings (SSSR count). The molecule has 0 radical (unpaired) electrons. The number of nitrogens with one attached hydrogen (secondary N) is 2. The third-order valence-corrected chi connectivity index (χ3v) is 4.22. The second kappa shape index (κ2) is 5.11. The molecule has 1 saturated carbocycles. The summed E-state index contributed by atoms with van der Waals surface area (Å²) in [6.07, 6.45) is 2.22. The molecule has 0 unspecified atom stereocenters. The number of hydrogen-bond donors (Lipinski definition) is 2. The molecule has 1 aliphatic rings. The van der Waals surface area contributed by atoms with Gasteiger partial charge in [0.1, 0.15) is 0 Å². The summed E-state index contributed by atoms with van der Waals surface area (Å²) in [4.78, 5) is 16.9. The summed E-state index contributed by atoms with van der Waals surface area (Å²) < 4.78 is 0. The van der Waals surface area contributed by atoms with Gasteiger partial charge < -0.3 is 5.32 Å². The van der Waals surface area contributed by atoms with Crippen LogP contribution in [0.2, 0.25) is 0 Å². The van der Waals surface area contributed by atoms with E-state index in [4.69, 9.17) is 0 Å². The van der Waals surface area contributed by atoms with E-state index in [0.717, 1.165) is 23.5 Å². The molecule has 0 aromatic carbocycles. The van der Waals surface area contributed by atoms with E-state index in [2.05, 4.69) is 20.5 Å². The second-order valence-corrected chi connectivity index (χ2v) is 5.96. The summed E-state index contributed by atoms with van der Waals surface area (Å²) in [7, 11) is 0. The van der Waals surface area contributed by atoms with Crippen LogP contribution in [0.5, 0.6) is 0 Å². The van der Waals surface area contributed by atoms with E-state index < -0.39 is 0 Å². The number of carbonyl (C=O) groups excluding carboxylic acids is 1. The molecule has 1 fully saturated rings. The van der Waals surface area contributed by atoms with Crippen LogP contribution in [0.25, 0.3) is 10.7 Å². The van der Waals surface area contributed by atoms with Crippen LogP contribution in [0.15, 0.2) is 22.7 Å². The van der Waals surface area contributed by atoms with E-state index in [1.807, 2.05) is 17.5 Å². The van der Waals surface area contributed by atoms with Crippen LogP contribution in [0.1, 0.15) is 12.8 Å². The van der Waals surface area contributed by atoms with Crippen molar-refractivity contribution in [3.8, 4) is 10.7 Å². The molecule has 2 aromatic rings. The highest BCUT2D eigenvalue weighted by Gasteiger charge is 2.23. The van der Waals surface area contributed by atoms with Crippen molar-refractivity contribution in [2.24, 2.45) is 0 Å². The van der Waals surface area contributed by atoms with Gasteiger partial charge in [0, 0.05) is 6.04 Å². The van der Waals surface area contributed by atoms with Crippen molar-refractivity contribution in [1.82, 2.24) is 20.5 Å². The van der Waals surface area contributed by atoms with Crippen molar-refractivity contribution < 1.29 is 4.79 Å². The van der Waals surface area contributed by atoms with Crippen LogP contribution < -0.4 is 5.32 Å². The first-order valence-corrected chi connectivity index (χ1v) is 7.56. The van der Waals surface area contributed by atoms with Gasteiger partial charge in [0.25, 0.3) is 0 Å². The fraction of sp³-hybridized carbons (Fsp3) is 0.364. The number of aromatic nitrogens is 3. The first kappa shape index (κ1) is 11.7. The van der Waals surface area contributed by atoms with Gasteiger partial charge in [-0.2, -0.15) is 0 Å². The summed E-state index contributed by atoms with van der Waals surface area (Å²) in [5.74, 6) is 1.19. The van der Waals surface area contributed by atoms with Crippen LogP contribution in [-0.2, 0) is 4.79 Å². The lowest BCUT2D eigenvalue weighted by atomic mass is 10.4. The molecule has 5 nitrogen and oxygen atoms in total. The van der Waals surface area contributed by atoms with Gasteiger partial charge in [0.05, 0.1) is 10.6 Å². The van der Waals surface area contributed by atoms with E-state index in [1.54, 1.807) is 11.3 Å². The highest BCUT2D eigenvalue weighted by atomic mass is 32.2. The fourth-order valence-corrected chi connectivity index (χ4v) is 2.73. The molecule has 94 valence electrons. The van der Waals surface area contributed by atoms with Crippen molar-refractivity contribution >= 4 is 29.0 Å². The second-order valence-electron chi connectivity index (χ2n) is 4.07. The normalized spacial score (nSPS) is 14.7. The lowest BCUT2D eigenvalue weighted by molar-refractivity contribution is -0.118. The highest BCUT2D eigenvalue weighted by Crippen LogP contribution is 2.23. The zero-order valence-electron chi connectivity index (χ0n) is 9.55. The Kier molecular flexibility index (Phi) is 3.33. The van der Waals surface area contributed by atoms with Crippen molar-refractivity contribution in [1.29, 1.82) is 0 Å². The van der Waals surface area contributed by atoms with Crippen molar-refractivity contribution in [2.45, 2.75) is 24.0 Å². The average Bonchev–Trinajstić information content (AvgIpc) is 2.87. The maximum Gasteiger partial charge on any atom is 0.230 e. The van der Waals surface area contributed by atoms with Gasteiger partial charge in [-0.3, -0.25) is 9.89 Å². The first-order chi connectivity index (χ1) is 8.81. The summed E-state index contributed by atoms with van der Waals surface area (Å²) >= 11 is 2.96. The third kappa shape index (κ3) is 2.91. The zero-order valence-corrected chi connectivity index (χ0v) is 11.2. The van der Waals surface area contributed by atoms with E-state index in [-0.39, 0.29) is 5.91 Å². The number of rotatable bonds is 5. The number of hydrogen-bond acceptors (Lipinski definition) is 5. The number of thioether (sulfide) groups is 1. The van der Waals surface area contributed by atoms with Gasteiger partial charge in [0.2, 0.25) is 11.1 Å². The molecule has 1 amide bonds. The lowest BCUT2D eigenvalue weighted by Gasteiger charge is -1.99. The monoisotopic (exact) mass is 280 g/mol. The molecule has 2 N–H and O–H groups in total. The maximum atomic E-state index is 11.5. The predicted octanol–water partition coefficient (Wildman–Crippen LogP) is 1.90. The summed E-state index contributed by atoms with van der Waals surface area (Å²) in [5.41, 5.74) is 0. The van der Waals surface area contributed by atoms with Gasteiger partial charge in [0.15, 0.2) is 5.82 Å². The Morgan fingerprint density at radius 3 is 3.22 bits per heavy atom. The molecule has 2 heterocycles. The SMILES string of the molecule is O=C(CSc1n[nH]c(-c2cccs2)n1)NC1CC1. The number of nitrogens with zero attached hydrogens (tertiary/aromatic N) is 2. The van der Waals surface area contributed by atoms with Crippen LogP contribution in [0, 0.1) is 0 Å². The molecular formula is C11H12N4OS2. The Morgan fingerprint density at radius 1 is 1.61 bits per heavy atom. The van der Waals surface area contributed by atoms with Crippen LogP contribution in [0.3, 0.4) is 0 Å². The molecule has 18 heavy (non-hydrogen) atoms. The molecule has 0 aliphatic heterocycles. The van der Waals surface area contributed by atoms with E-state index in [9.17, 15) is 4.79 Å². The Hall–Kier alpha value is -1.34. The average molecular weight is 280 g/mol. The van der Waals surface area contributed by atoms with Crippen molar-refractivity contribution in [2.75, 3.05) is 5.75 Å². The third-order valence-electron chi connectivity index (χ3n) is 2.49. The van der Waals surface area contributed by atoms with Crippen LogP contribution in [-0.4, -0.2) is 32.9 Å². The molecular weight excluding hydrogens is 268 g/mol. The summed E-state index contributed by atoms with van der Waals surface area (Å²) in [6, 6.07) is 4.37. The van der Waals surface area contributed by atoms with Gasteiger partial charge in [-0.05, 0) is 24.3 Å². The molecule has 1 aliphatic carbocycles. The Balaban J connectivity index is 1.55. The van der Waals surface area contributed by atoms with Gasteiger partial charge in [-0.15, -0.1) is 16.4 Å². The zero-order chi connectivity index (χ0) is 12.4. The minimum absolute atomic E-state index is 0.0602. The van der Waals surface area contributed by atoms with Gasteiger partial charge >= 0.3 is 0 Å². The quantitative estimate of drug-likeness (QED) is 0.821. The number of aromatic amines is 1. The summed E-state index contributed by atoms with van der Waals surface area (Å²) in [5, 5.41) is 12.5. The topological polar surface area (TPSA) is 70.7 Å². The number of amides is 1. The Labute approximate surface area is 112 Å². The van der Waals surface area contributed by atoms with Gasteiger partial charge in [-0.1, -0.05) is 17.8 Å². The van der Waals surface area contributed by atoms with Crippen molar-refractivity contribution in [3.05, 3.63) is 17.5 Å². The van der Waals surface area contributed by atoms with E-state index in [1.165, 1.54) is 11.8 Å². The summed E-state index contributed by atoms with van der Waals surface area (Å²) in [6.45, 7) is 0. The predicted molar refractivity (Wildman–Crippen MR) is 71.6 cm³/mol. The fourth-order valence-electron chi connectivity index (χ4n) is 1.46. The van der Waals surface area contributed by atoms with E-state index >= 15 is 0 Å².